The summed E-state index contributed by atoms with van der Waals surface area (Å²) < 4.78 is 2.43. The number of aryl methyl sites for hydroxylation is 1. The Morgan fingerprint density at radius 3 is 2.12 bits per heavy atom. The average Bonchev–Trinajstić information content (AvgIpc) is 3.62. The third-order valence-electron chi connectivity index (χ3n) is 7.42. The molecule has 0 radical (unpaired) electrons. The first-order valence-corrected chi connectivity index (χ1v) is 14.8. The number of carboxylic acids is 1. The SMILES string of the molecule is CCCCn1c2cc(-c3ccc(/C=C(\C#N)C(=O)O)s3)ccc2c2ccc(N(c3ccccc3)c3ccccc3)cc21. The first-order valence-electron chi connectivity index (χ1n) is 14.0. The smallest absolute Gasteiger partial charge is 0.346 e. The Balaban J connectivity index is 1.49. The Morgan fingerprint density at radius 1 is 0.857 bits per heavy atom. The van der Waals surface area contributed by atoms with E-state index in [0.29, 0.717) is 0 Å². The average molecular weight is 568 g/mol. The molecule has 5 nitrogen and oxygen atoms in total. The van der Waals surface area contributed by atoms with Gasteiger partial charge in [-0.25, -0.2) is 4.79 Å². The minimum absolute atomic E-state index is 0.269. The summed E-state index contributed by atoms with van der Waals surface area (Å²) in [5.41, 5.74) is 6.47. The lowest BCUT2D eigenvalue weighted by Gasteiger charge is -2.25. The van der Waals surface area contributed by atoms with Crippen molar-refractivity contribution in [3.8, 4) is 16.5 Å². The highest BCUT2D eigenvalue weighted by Crippen LogP contribution is 2.40. The molecule has 1 N–H and O–H groups in total. The fourth-order valence-electron chi connectivity index (χ4n) is 5.40. The molecule has 0 atom stereocenters. The van der Waals surface area contributed by atoms with Gasteiger partial charge in [0.1, 0.15) is 11.6 Å². The molecule has 0 amide bonds. The Kier molecular flexibility index (Phi) is 7.59. The van der Waals surface area contributed by atoms with Crippen LogP contribution < -0.4 is 4.90 Å². The van der Waals surface area contributed by atoms with Gasteiger partial charge in [-0.2, -0.15) is 5.26 Å². The van der Waals surface area contributed by atoms with Gasteiger partial charge in [-0.3, -0.25) is 0 Å². The second-order valence-corrected chi connectivity index (χ2v) is 11.2. The molecule has 4 aromatic carbocycles. The van der Waals surface area contributed by atoms with Crippen LogP contribution in [0.25, 0.3) is 38.3 Å². The number of para-hydroxylation sites is 2. The van der Waals surface area contributed by atoms with E-state index in [1.807, 2.05) is 24.3 Å². The Morgan fingerprint density at radius 2 is 1.50 bits per heavy atom. The topological polar surface area (TPSA) is 69.3 Å². The number of unbranched alkanes of at least 4 members (excludes halogenated alkanes) is 1. The van der Waals surface area contributed by atoms with E-state index in [2.05, 4.69) is 101 Å². The number of anilines is 3. The van der Waals surface area contributed by atoms with Gasteiger partial charge in [0, 0.05) is 49.7 Å². The lowest BCUT2D eigenvalue weighted by molar-refractivity contribution is -0.132. The largest absolute Gasteiger partial charge is 0.477 e. The zero-order chi connectivity index (χ0) is 29.1. The molecular weight excluding hydrogens is 538 g/mol. The number of hydrogen-bond acceptors (Lipinski definition) is 4. The summed E-state index contributed by atoms with van der Waals surface area (Å²) in [6, 6.07) is 39.8. The zero-order valence-electron chi connectivity index (χ0n) is 23.2. The van der Waals surface area contributed by atoms with Crippen LogP contribution in [-0.2, 0) is 11.3 Å². The number of hydrogen-bond donors (Lipinski definition) is 1. The van der Waals surface area contributed by atoms with Crippen molar-refractivity contribution >= 4 is 62.3 Å². The normalized spacial score (nSPS) is 11.6. The predicted octanol–water partition coefficient (Wildman–Crippen LogP) is 9.78. The number of carboxylic acid groups (broad SMARTS) is 1. The van der Waals surface area contributed by atoms with E-state index in [-0.39, 0.29) is 5.57 Å². The number of benzene rings is 4. The molecule has 6 aromatic rings. The van der Waals surface area contributed by atoms with E-state index < -0.39 is 5.97 Å². The fraction of sp³-hybridized carbons (Fsp3) is 0.111. The van der Waals surface area contributed by atoms with Crippen LogP contribution in [0.15, 0.2) is 115 Å². The van der Waals surface area contributed by atoms with E-state index in [1.54, 1.807) is 6.07 Å². The molecule has 0 aliphatic carbocycles. The number of carbonyl (C=O) groups is 1. The standard InChI is InChI=1S/C36H29N3O2S/c1-2-3-20-38-33-22-25(35-19-16-30(42-35)21-26(24-37)36(40)41)14-17-31(33)32-18-15-29(23-34(32)38)39(27-10-6-4-7-11-27)28-12-8-5-9-13-28/h4-19,21-23H,2-3,20H2,1H3,(H,40,41)/b26-21+. The van der Waals surface area contributed by atoms with Crippen molar-refractivity contribution in [3.63, 3.8) is 0 Å². The van der Waals surface area contributed by atoms with Crippen molar-refractivity contribution in [3.05, 3.63) is 120 Å². The van der Waals surface area contributed by atoms with Gasteiger partial charge in [-0.05, 0) is 72.7 Å². The highest BCUT2D eigenvalue weighted by Gasteiger charge is 2.17. The molecule has 42 heavy (non-hydrogen) atoms. The van der Waals surface area contributed by atoms with Gasteiger partial charge in [0.05, 0.1) is 5.52 Å². The van der Waals surface area contributed by atoms with E-state index in [9.17, 15) is 9.90 Å². The van der Waals surface area contributed by atoms with Crippen molar-refractivity contribution in [2.75, 3.05) is 4.90 Å². The van der Waals surface area contributed by atoms with E-state index in [0.717, 1.165) is 51.8 Å². The van der Waals surface area contributed by atoms with Crippen LogP contribution >= 0.6 is 11.3 Å². The molecule has 0 unspecified atom stereocenters. The molecule has 0 saturated carbocycles. The summed E-state index contributed by atoms with van der Waals surface area (Å²) in [5, 5.41) is 20.8. The molecule has 2 aromatic heterocycles. The highest BCUT2D eigenvalue weighted by molar-refractivity contribution is 7.16. The quantitative estimate of drug-likeness (QED) is 0.139. The highest BCUT2D eigenvalue weighted by atomic mass is 32.1. The van der Waals surface area contributed by atoms with Gasteiger partial charge in [0.15, 0.2) is 0 Å². The summed E-state index contributed by atoms with van der Waals surface area (Å²) in [6.07, 6.45) is 3.58. The Bertz CT molecular complexity index is 1920. The first kappa shape index (κ1) is 27.1. The number of nitriles is 1. The molecule has 0 aliphatic heterocycles. The monoisotopic (exact) mass is 567 g/mol. The van der Waals surface area contributed by atoms with Crippen LogP contribution in [0, 0.1) is 11.3 Å². The van der Waals surface area contributed by atoms with Crippen LogP contribution in [0.5, 0.6) is 0 Å². The van der Waals surface area contributed by atoms with Crippen LogP contribution in [0.4, 0.5) is 17.1 Å². The van der Waals surface area contributed by atoms with Crippen molar-refractivity contribution in [1.29, 1.82) is 5.26 Å². The summed E-state index contributed by atoms with van der Waals surface area (Å²) in [4.78, 5) is 15.4. The number of rotatable bonds is 9. The van der Waals surface area contributed by atoms with E-state index in [1.165, 1.54) is 39.2 Å². The van der Waals surface area contributed by atoms with Crippen molar-refractivity contribution in [2.24, 2.45) is 0 Å². The van der Waals surface area contributed by atoms with Gasteiger partial charge in [-0.1, -0.05) is 67.9 Å². The van der Waals surface area contributed by atoms with Crippen LogP contribution in [0.2, 0.25) is 0 Å². The molecule has 6 heteroatoms. The number of aliphatic carboxylic acids is 1. The second kappa shape index (κ2) is 11.8. The maximum atomic E-state index is 11.3. The molecule has 206 valence electrons. The molecule has 6 rings (SSSR count). The van der Waals surface area contributed by atoms with Gasteiger partial charge >= 0.3 is 5.97 Å². The van der Waals surface area contributed by atoms with E-state index >= 15 is 0 Å². The van der Waals surface area contributed by atoms with Gasteiger partial charge in [0.25, 0.3) is 0 Å². The summed E-state index contributed by atoms with van der Waals surface area (Å²) in [7, 11) is 0. The molecule has 2 heterocycles. The third-order valence-corrected chi connectivity index (χ3v) is 8.50. The molecule has 0 fully saturated rings. The van der Waals surface area contributed by atoms with Crippen LogP contribution in [0.3, 0.4) is 0 Å². The Labute approximate surface area is 248 Å². The number of aromatic nitrogens is 1. The van der Waals surface area contributed by atoms with E-state index in [4.69, 9.17) is 5.26 Å². The number of fused-ring (bicyclic) bond motifs is 3. The number of nitrogens with zero attached hydrogens (tertiary/aromatic N) is 3. The zero-order valence-corrected chi connectivity index (χ0v) is 24.0. The summed E-state index contributed by atoms with van der Waals surface area (Å²) >= 11 is 1.48. The summed E-state index contributed by atoms with van der Waals surface area (Å²) in [5.74, 6) is -1.22. The minimum atomic E-state index is -1.22. The van der Waals surface area contributed by atoms with Crippen molar-refractivity contribution in [2.45, 2.75) is 26.3 Å². The van der Waals surface area contributed by atoms with Gasteiger partial charge in [0.2, 0.25) is 0 Å². The fourth-order valence-corrected chi connectivity index (χ4v) is 6.35. The molecular formula is C36H29N3O2S. The second-order valence-electron chi connectivity index (χ2n) is 10.1. The molecule has 0 spiro atoms. The van der Waals surface area contributed by atoms with Crippen molar-refractivity contribution < 1.29 is 9.90 Å². The molecule has 0 saturated heterocycles. The molecule has 0 bridgehead atoms. The van der Waals surface area contributed by atoms with Gasteiger partial charge < -0.3 is 14.6 Å². The van der Waals surface area contributed by atoms with Gasteiger partial charge in [-0.15, -0.1) is 11.3 Å². The lowest BCUT2D eigenvalue weighted by Crippen LogP contribution is -2.09. The van der Waals surface area contributed by atoms with Crippen LogP contribution in [0.1, 0.15) is 24.6 Å². The van der Waals surface area contributed by atoms with Crippen LogP contribution in [-0.4, -0.2) is 15.6 Å². The Hall–Kier alpha value is -5.12. The van der Waals surface area contributed by atoms with Crippen molar-refractivity contribution in [1.82, 2.24) is 4.57 Å². The third kappa shape index (κ3) is 5.18. The minimum Gasteiger partial charge on any atom is -0.477 e. The number of thiophene rings is 1. The maximum absolute atomic E-state index is 11.3. The summed E-state index contributed by atoms with van der Waals surface area (Å²) in [6.45, 7) is 3.12. The maximum Gasteiger partial charge on any atom is 0.346 e. The first-order chi connectivity index (χ1) is 20.6. The molecule has 0 aliphatic rings. The lowest BCUT2D eigenvalue weighted by atomic mass is 10.1. The predicted molar refractivity (Wildman–Crippen MR) is 174 cm³/mol.